The van der Waals surface area contributed by atoms with Crippen molar-refractivity contribution in [2.24, 2.45) is 0 Å². The third-order valence-electron chi connectivity index (χ3n) is 4.46. The van der Waals surface area contributed by atoms with Gasteiger partial charge in [-0.25, -0.2) is 9.59 Å². The molecule has 4 heteroatoms. The second-order valence-corrected chi connectivity index (χ2v) is 6.19. The van der Waals surface area contributed by atoms with Crippen molar-refractivity contribution in [3.05, 3.63) is 82.9 Å². The predicted octanol–water partition coefficient (Wildman–Crippen LogP) is 5.03. The molecule has 0 unspecified atom stereocenters. The van der Waals surface area contributed by atoms with Crippen LogP contribution in [0.15, 0.2) is 60.7 Å². The molecule has 0 fully saturated rings. The third kappa shape index (κ3) is 3.09. The van der Waals surface area contributed by atoms with Crippen LogP contribution in [0.4, 0.5) is 0 Å². The molecule has 26 heavy (non-hydrogen) atoms. The summed E-state index contributed by atoms with van der Waals surface area (Å²) >= 11 is 0. The zero-order valence-electron chi connectivity index (χ0n) is 14.5. The Morgan fingerprint density at radius 2 is 1.31 bits per heavy atom. The highest BCUT2D eigenvalue weighted by Crippen LogP contribution is 2.34. The van der Waals surface area contributed by atoms with E-state index >= 15 is 0 Å². The lowest BCUT2D eigenvalue weighted by Crippen LogP contribution is -2.10. The van der Waals surface area contributed by atoms with Crippen LogP contribution < -0.4 is 0 Å². The molecule has 0 amide bonds. The van der Waals surface area contributed by atoms with Gasteiger partial charge in [-0.2, -0.15) is 0 Å². The van der Waals surface area contributed by atoms with Crippen LogP contribution in [0.3, 0.4) is 0 Å². The number of aryl methyl sites for hydroxylation is 2. The normalized spacial score (nSPS) is 10.5. The Kier molecular flexibility index (Phi) is 4.59. The lowest BCUT2D eigenvalue weighted by molar-refractivity contribution is 0.0652. The van der Waals surface area contributed by atoms with Crippen LogP contribution in [-0.4, -0.2) is 22.2 Å². The van der Waals surface area contributed by atoms with Gasteiger partial charge in [-0.05, 0) is 53.3 Å². The quantitative estimate of drug-likeness (QED) is 0.694. The molecular weight excluding hydrogens is 328 g/mol. The van der Waals surface area contributed by atoms with Gasteiger partial charge in [0.1, 0.15) is 0 Å². The van der Waals surface area contributed by atoms with Gasteiger partial charge in [0.25, 0.3) is 0 Å². The van der Waals surface area contributed by atoms with Crippen LogP contribution in [0.2, 0.25) is 0 Å². The van der Waals surface area contributed by atoms with Crippen molar-refractivity contribution in [2.45, 2.75) is 13.8 Å². The van der Waals surface area contributed by atoms with Crippen molar-refractivity contribution in [1.29, 1.82) is 0 Å². The molecule has 2 N–H and O–H groups in total. The van der Waals surface area contributed by atoms with Gasteiger partial charge in [0, 0.05) is 0 Å². The van der Waals surface area contributed by atoms with Crippen LogP contribution in [0, 0.1) is 13.8 Å². The number of carboxylic acid groups (broad SMARTS) is 2. The van der Waals surface area contributed by atoms with E-state index in [0.29, 0.717) is 5.56 Å². The zero-order valence-corrected chi connectivity index (χ0v) is 14.5. The summed E-state index contributed by atoms with van der Waals surface area (Å²) in [6, 6.07) is 18.4. The summed E-state index contributed by atoms with van der Waals surface area (Å²) in [7, 11) is 0. The molecule has 0 spiro atoms. The van der Waals surface area contributed by atoms with E-state index < -0.39 is 11.9 Å². The minimum atomic E-state index is -1.25. The molecule has 0 saturated carbocycles. The number of hydrogen-bond acceptors (Lipinski definition) is 2. The van der Waals surface area contributed by atoms with Gasteiger partial charge < -0.3 is 10.2 Å². The van der Waals surface area contributed by atoms with E-state index in [9.17, 15) is 19.8 Å². The molecule has 130 valence electrons. The highest BCUT2D eigenvalue weighted by Gasteiger charge is 2.22. The van der Waals surface area contributed by atoms with Crippen molar-refractivity contribution in [3.63, 3.8) is 0 Å². The number of aromatic carboxylic acids is 2. The van der Waals surface area contributed by atoms with Gasteiger partial charge >= 0.3 is 11.9 Å². The Morgan fingerprint density at radius 1 is 0.692 bits per heavy atom. The highest BCUT2D eigenvalue weighted by atomic mass is 16.4. The molecule has 0 heterocycles. The smallest absolute Gasteiger partial charge is 0.337 e. The number of rotatable bonds is 4. The average molecular weight is 346 g/mol. The van der Waals surface area contributed by atoms with Gasteiger partial charge in [-0.3, -0.25) is 0 Å². The molecule has 3 aromatic carbocycles. The van der Waals surface area contributed by atoms with Crippen LogP contribution in [0.5, 0.6) is 0 Å². The second-order valence-electron chi connectivity index (χ2n) is 6.19. The lowest BCUT2D eigenvalue weighted by Gasteiger charge is -2.15. The first kappa shape index (κ1) is 17.4. The topological polar surface area (TPSA) is 74.6 Å². The summed E-state index contributed by atoms with van der Waals surface area (Å²) in [6.07, 6.45) is 0. The predicted molar refractivity (Wildman–Crippen MR) is 101 cm³/mol. The summed E-state index contributed by atoms with van der Waals surface area (Å²) in [5, 5.41) is 18.9. The molecule has 0 aliphatic carbocycles. The van der Waals surface area contributed by atoms with Crippen LogP contribution in [-0.2, 0) is 0 Å². The Labute approximate surface area is 151 Å². The summed E-state index contributed by atoms with van der Waals surface area (Å²) < 4.78 is 0. The van der Waals surface area contributed by atoms with Gasteiger partial charge in [0.2, 0.25) is 0 Å². The Hall–Kier alpha value is -3.40. The molecule has 0 saturated heterocycles. The molecule has 3 aromatic rings. The second kappa shape index (κ2) is 6.84. The number of carbonyl (C=O) groups is 2. The van der Waals surface area contributed by atoms with E-state index in [1.807, 2.05) is 56.3 Å². The first-order valence-corrected chi connectivity index (χ1v) is 8.16. The van der Waals surface area contributed by atoms with Gasteiger partial charge in [-0.15, -0.1) is 0 Å². The summed E-state index contributed by atoms with van der Waals surface area (Å²) in [5.74, 6) is -2.50. The van der Waals surface area contributed by atoms with Gasteiger partial charge in [0.05, 0.1) is 11.1 Å². The highest BCUT2D eigenvalue weighted by molar-refractivity contribution is 6.07. The van der Waals surface area contributed by atoms with E-state index in [1.165, 1.54) is 6.07 Å². The van der Waals surface area contributed by atoms with E-state index in [1.54, 1.807) is 12.1 Å². The molecule has 3 rings (SSSR count). The minimum absolute atomic E-state index is 0.185. The fraction of sp³-hybridized carbons (Fsp3) is 0.0909. The van der Waals surface area contributed by atoms with E-state index in [-0.39, 0.29) is 11.1 Å². The molecule has 0 aromatic heterocycles. The number of benzene rings is 3. The Morgan fingerprint density at radius 3 is 1.92 bits per heavy atom. The van der Waals surface area contributed by atoms with E-state index in [2.05, 4.69) is 0 Å². The van der Waals surface area contributed by atoms with Crippen LogP contribution in [0.1, 0.15) is 31.8 Å². The number of carboxylic acids is 2. The van der Waals surface area contributed by atoms with Crippen LogP contribution >= 0.6 is 0 Å². The van der Waals surface area contributed by atoms with Crippen molar-refractivity contribution < 1.29 is 19.8 Å². The molecule has 0 aliphatic rings. The molecule has 0 atom stereocenters. The molecule has 0 aliphatic heterocycles. The Bertz CT molecular complexity index is 1000. The van der Waals surface area contributed by atoms with Crippen LogP contribution in [0.25, 0.3) is 22.3 Å². The van der Waals surface area contributed by atoms with E-state index in [4.69, 9.17) is 0 Å². The number of hydrogen-bond donors (Lipinski definition) is 2. The zero-order chi connectivity index (χ0) is 18.8. The van der Waals surface area contributed by atoms with Crippen molar-refractivity contribution >= 4 is 11.9 Å². The maximum absolute atomic E-state index is 11.7. The third-order valence-corrected chi connectivity index (χ3v) is 4.46. The molecular formula is C22H18O4. The Balaban J connectivity index is 2.24. The molecule has 0 bridgehead atoms. The largest absolute Gasteiger partial charge is 0.478 e. The fourth-order valence-electron chi connectivity index (χ4n) is 3.22. The first-order valence-electron chi connectivity index (χ1n) is 8.16. The molecule has 0 radical (unpaired) electrons. The monoisotopic (exact) mass is 346 g/mol. The maximum Gasteiger partial charge on any atom is 0.337 e. The van der Waals surface area contributed by atoms with Gasteiger partial charge in [-0.1, -0.05) is 54.6 Å². The average Bonchev–Trinajstić information content (AvgIpc) is 2.63. The van der Waals surface area contributed by atoms with Crippen molar-refractivity contribution in [3.8, 4) is 22.3 Å². The fourth-order valence-corrected chi connectivity index (χ4v) is 3.22. The minimum Gasteiger partial charge on any atom is -0.478 e. The summed E-state index contributed by atoms with van der Waals surface area (Å²) in [4.78, 5) is 23.2. The van der Waals surface area contributed by atoms with E-state index in [0.717, 1.165) is 27.8 Å². The van der Waals surface area contributed by atoms with Crippen molar-refractivity contribution in [2.75, 3.05) is 0 Å². The summed E-state index contributed by atoms with van der Waals surface area (Å²) in [5.41, 5.74) is 4.78. The first-order chi connectivity index (χ1) is 12.4. The lowest BCUT2D eigenvalue weighted by atomic mass is 9.88. The SMILES string of the molecule is Cc1cc(-c2cccc(C(=O)O)c2C(=O)O)c(C)cc1-c1ccccc1. The molecule has 4 nitrogen and oxygen atoms in total. The maximum atomic E-state index is 11.7. The van der Waals surface area contributed by atoms with Crippen molar-refractivity contribution in [1.82, 2.24) is 0 Å². The summed E-state index contributed by atoms with van der Waals surface area (Å²) in [6.45, 7) is 3.87. The van der Waals surface area contributed by atoms with Gasteiger partial charge in [0.15, 0.2) is 0 Å². The standard InChI is InChI=1S/C22H18O4/c1-13-12-19(14(2)11-18(13)15-7-4-3-5-8-15)16-9-6-10-17(21(23)24)20(16)22(25)26/h3-12H,1-2H3,(H,23,24)(H,25,26).